The molecule has 4 rings (SSSR count). The number of para-hydroxylation sites is 1. The summed E-state index contributed by atoms with van der Waals surface area (Å²) in [6.45, 7) is 9.58. The third-order valence-electron chi connectivity index (χ3n) is 7.64. The second-order valence-electron chi connectivity index (χ2n) is 11.4. The molecule has 1 saturated heterocycles. The fourth-order valence-electron chi connectivity index (χ4n) is 5.57. The van der Waals surface area contributed by atoms with Crippen LogP contribution in [0.25, 0.3) is 5.69 Å². The lowest BCUT2D eigenvalue weighted by atomic mass is 9.92. The van der Waals surface area contributed by atoms with Gasteiger partial charge in [0.15, 0.2) is 11.5 Å². The number of carbonyl (C=O) groups is 2. The molecule has 12 heteroatoms. The SMILES string of the molecule is COCCCCc1c(C(=O)N(CC(C)C)[C@H]2C[C@@H](C(=O)O)CN(Cc3oc(=O)oc3C)C2)nnn1-c1ccccc1C. The van der Waals surface area contributed by atoms with Gasteiger partial charge >= 0.3 is 11.8 Å². The molecule has 1 aromatic carbocycles. The minimum Gasteiger partial charge on any atom is -0.481 e. The molecular weight excluding hydrogens is 542 g/mol. The zero-order valence-electron chi connectivity index (χ0n) is 25.0. The van der Waals surface area contributed by atoms with E-state index >= 15 is 0 Å². The van der Waals surface area contributed by atoms with Crippen molar-refractivity contribution in [1.29, 1.82) is 0 Å². The number of carboxylic acid groups (broad SMARTS) is 1. The Bertz CT molecular complexity index is 1430. The predicted molar refractivity (Wildman–Crippen MR) is 154 cm³/mol. The van der Waals surface area contributed by atoms with Gasteiger partial charge in [0.2, 0.25) is 0 Å². The van der Waals surface area contributed by atoms with Gasteiger partial charge in [-0.15, -0.1) is 5.10 Å². The Hall–Kier alpha value is -3.77. The second kappa shape index (κ2) is 13.9. The van der Waals surface area contributed by atoms with E-state index in [-0.39, 0.29) is 30.6 Å². The van der Waals surface area contributed by atoms with Crippen LogP contribution in [0.4, 0.5) is 0 Å². The summed E-state index contributed by atoms with van der Waals surface area (Å²) >= 11 is 0. The summed E-state index contributed by atoms with van der Waals surface area (Å²) in [4.78, 5) is 41.9. The van der Waals surface area contributed by atoms with E-state index in [0.29, 0.717) is 44.1 Å². The van der Waals surface area contributed by atoms with Crippen LogP contribution in [-0.2, 0) is 22.5 Å². The Balaban J connectivity index is 1.68. The maximum Gasteiger partial charge on any atom is 0.519 e. The molecular formula is C30H41N5O7. The van der Waals surface area contributed by atoms with E-state index in [2.05, 4.69) is 10.3 Å². The van der Waals surface area contributed by atoms with E-state index in [0.717, 1.165) is 29.8 Å². The standard InChI is InChI=1S/C30H41N5O7/c1-19(2)15-34(23-14-22(29(37)38)16-33(17-23)18-26-21(4)41-30(39)42-26)28(36)27-25(12-8-9-13-40-5)35(32-31-27)24-11-7-6-10-20(24)3/h6-7,10-11,19,22-23H,8-9,12-18H2,1-5H3,(H,37,38)/t22-,23+/m1/s1. The van der Waals surface area contributed by atoms with Crippen molar-refractivity contribution in [3.63, 3.8) is 0 Å². The fraction of sp³-hybridized carbons (Fsp3) is 0.567. The van der Waals surface area contributed by atoms with E-state index in [1.54, 1.807) is 23.6 Å². The smallest absolute Gasteiger partial charge is 0.481 e. The van der Waals surface area contributed by atoms with Crippen molar-refractivity contribution >= 4 is 11.9 Å². The molecule has 1 fully saturated rings. The largest absolute Gasteiger partial charge is 0.519 e. The monoisotopic (exact) mass is 583 g/mol. The molecule has 1 N–H and O–H groups in total. The van der Waals surface area contributed by atoms with Crippen LogP contribution in [0.1, 0.15) is 66.4 Å². The van der Waals surface area contributed by atoms with Gasteiger partial charge in [-0.2, -0.15) is 0 Å². The molecule has 1 amide bonds. The Morgan fingerprint density at radius 3 is 2.57 bits per heavy atom. The van der Waals surface area contributed by atoms with Crippen LogP contribution in [0.3, 0.4) is 0 Å². The molecule has 0 radical (unpaired) electrons. The number of carbonyl (C=O) groups excluding carboxylic acids is 1. The van der Waals surface area contributed by atoms with Crippen molar-refractivity contribution in [3.05, 3.63) is 63.4 Å². The molecule has 12 nitrogen and oxygen atoms in total. The first-order chi connectivity index (χ1) is 20.1. The van der Waals surface area contributed by atoms with Crippen LogP contribution in [0.15, 0.2) is 37.9 Å². The molecule has 3 heterocycles. The fourth-order valence-corrected chi connectivity index (χ4v) is 5.57. The number of benzene rings is 1. The number of hydrogen-bond donors (Lipinski definition) is 1. The van der Waals surface area contributed by atoms with Gasteiger partial charge in [0.1, 0.15) is 5.76 Å². The molecule has 42 heavy (non-hydrogen) atoms. The minimum atomic E-state index is -0.934. The summed E-state index contributed by atoms with van der Waals surface area (Å²) in [6.07, 6.45) is 2.48. The van der Waals surface area contributed by atoms with Crippen molar-refractivity contribution < 1.29 is 28.3 Å². The van der Waals surface area contributed by atoms with Crippen molar-refractivity contribution in [2.24, 2.45) is 11.8 Å². The first-order valence-corrected chi connectivity index (χ1v) is 14.4. The number of rotatable bonds is 13. The summed E-state index contributed by atoms with van der Waals surface area (Å²) in [7, 11) is 1.66. The lowest BCUT2D eigenvalue weighted by Crippen LogP contribution is -2.54. The number of methoxy groups -OCH3 is 1. The summed E-state index contributed by atoms with van der Waals surface area (Å²) in [5, 5.41) is 18.8. The number of ether oxygens (including phenoxy) is 1. The van der Waals surface area contributed by atoms with Crippen molar-refractivity contribution in [1.82, 2.24) is 24.8 Å². The van der Waals surface area contributed by atoms with E-state index in [4.69, 9.17) is 13.6 Å². The number of unbranched alkanes of at least 4 members (excludes halogenated alkanes) is 1. The topological polar surface area (TPSA) is 144 Å². The molecule has 2 aromatic heterocycles. The average molecular weight is 584 g/mol. The van der Waals surface area contributed by atoms with Crippen LogP contribution in [-0.4, -0.2) is 81.2 Å². The zero-order chi connectivity index (χ0) is 30.4. The molecule has 0 spiro atoms. The van der Waals surface area contributed by atoms with Gasteiger partial charge in [-0.3, -0.25) is 14.5 Å². The van der Waals surface area contributed by atoms with Crippen molar-refractivity contribution in [2.45, 2.75) is 66.0 Å². The highest BCUT2D eigenvalue weighted by molar-refractivity contribution is 5.93. The lowest BCUT2D eigenvalue weighted by Gasteiger charge is -2.42. The minimum absolute atomic E-state index is 0.123. The van der Waals surface area contributed by atoms with Gasteiger partial charge in [-0.1, -0.05) is 37.3 Å². The molecule has 0 unspecified atom stereocenters. The highest BCUT2D eigenvalue weighted by Gasteiger charge is 2.38. The van der Waals surface area contributed by atoms with Gasteiger partial charge < -0.3 is 23.6 Å². The number of likely N-dealkylation sites (tertiary alicyclic amines) is 1. The number of aromatic nitrogens is 3. The number of piperidine rings is 1. The van der Waals surface area contributed by atoms with Gasteiger partial charge in [0.05, 0.1) is 23.8 Å². The van der Waals surface area contributed by atoms with Crippen LogP contribution in [0.2, 0.25) is 0 Å². The van der Waals surface area contributed by atoms with E-state index in [1.165, 1.54) is 0 Å². The maximum atomic E-state index is 14.4. The third-order valence-corrected chi connectivity index (χ3v) is 7.64. The summed E-state index contributed by atoms with van der Waals surface area (Å²) in [6, 6.07) is 7.42. The Morgan fingerprint density at radius 2 is 1.93 bits per heavy atom. The van der Waals surface area contributed by atoms with Crippen LogP contribution in [0.5, 0.6) is 0 Å². The lowest BCUT2D eigenvalue weighted by molar-refractivity contribution is -0.144. The zero-order valence-corrected chi connectivity index (χ0v) is 25.0. The highest BCUT2D eigenvalue weighted by Crippen LogP contribution is 2.27. The molecule has 3 aromatic rings. The number of aryl methyl sites for hydroxylation is 2. The molecule has 1 aliphatic rings. The van der Waals surface area contributed by atoms with Crippen LogP contribution < -0.4 is 5.82 Å². The quantitative estimate of drug-likeness (QED) is 0.297. The molecule has 1 aliphatic heterocycles. The first-order valence-electron chi connectivity index (χ1n) is 14.4. The number of hydrogen-bond acceptors (Lipinski definition) is 9. The predicted octanol–water partition coefficient (Wildman–Crippen LogP) is 3.47. The number of carboxylic acids is 1. The maximum absolute atomic E-state index is 14.4. The molecule has 0 bridgehead atoms. The molecule has 0 aliphatic carbocycles. The summed E-state index contributed by atoms with van der Waals surface area (Å²) < 4.78 is 17.2. The van der Waals surface area contributed by atoms with E-state index in [9.17, 15) is 19.5 Å². The van der Waals surface area contributed by atoms with Crippen molar-refractivity contribution in [3.8, 4) is 5.69 Å². The first kappa shape index (κ1) is 31.2. The van der Waals surface area contributed by atoms with Gasteiger partial charge in [0.25, 0.3) is 5.91 Å². The van der Waals surface area contributed by atoms with Crippen LogP contribution >= 0.6 is 0 Å². The molecule has 0 saturated carbocycles. The third kappa shape index (κ3) is 7.35. The summed E-state index contributed by atoms with van der Waals surface area (Å²) in [5.41, 5.74) is 2.86. The Morgan fingerprint density at radius 1 is 1.17 bits per heavy atom. The summed E-state index contributed by atoms with van der Waals surface area (Å²) in [5.74, 6) is -1.87. The molecule has 2 atom stereocenters. The van der Waals surface area contributed by atoms with E-state index in [1.807, 2.05) is 49.9 Å². The number of nitrogens with zero attached hydrogens (tertiary/aromatic N) is 5. The average Bonchev–Trinajstić information content (AvgIpc) is 3.50. The Labute approximate surface area is 245 Å². The van der Waals surface area contributed by atoms with Gasteiger partial charge in [-0.25, -0.2) is 9.48 Å². The van der Waals surface area contributed by atoms with Gasteiger partial charge in [0, 0.05) is 39.4 Å². The van der Waals surface area contributed by atoms with Gasteiger partial charge in [-0.05, 0) is 57.1 Å². The number of aliphatic carboxylic acids is 1. The van der Waals surface area contributed by atoms with E-state index < -0.39 is 23.8 Å². The molecule has 228 valence electrons. The number of amides is 1. The highest BCUT2D eigenvalue weighted by atomic mass is 16.6. The van der Waals surface area contributed by atoms with Crippen LogP contribution in [0, 0.1) is 25.7 Å². The second-order valence-corrected chi connectivity index (χ2v) is 11.4. The normalized spacial score (nSPS) is 17.6. The Kier molecular flexibility index (Phi) is 10.3. The van der Waals surface area contributed by atoms with Crippen molar-refractivity contribution in [2.75, 3.05) is 33.4 Å².